The molecule has 1 heterocycles. The van der Waals surface area contributed by atoms with Crippen LogP contribution in [0.4, 0.5) is 0 Å². The average Bonchev–Trinajstić information content (AvgIpc) is 2.48. The van der Waals surface area contributed by atoms with Crippen molar-refractivity contribution in [3.63, 3.8) is 0 Å². The van der Waals surface area contributed by atoms with E-state index in [1.54, 1.807) is 0 Å². The fraction of sp³-hybridized carbons (Fsp3) is 0.421. The molecule has 1 aromatic heterocycles. The van der Waals surface area contributed by atoms with Gasteiger partial charge in [0.1, 0.15) is 0 Å². The van der Waals surface area contributed by atoms with E-state index in [4.69, 9.17) is 0 Å². The van der Waals surface area contributed by atoms with Crippen molar-refractivity contribution in [1.82, 2.24) is 4.98 Å². The van der Waals surface area contributed by atoms with Gasteiger partial charge >= 0.3 is 0 Å². The number of aliphatic hydroxyl groups excluding tert-OH is 1. The van der Waals surface area contributed by atoms with Crippen molar-refractivity contribution in [2.45, 2.75) is 46.1 Å². The normalized spacial score (nSPS) is 12.6. The van der Waals surface area contributed by atoms with Gasteiger partial charge in [-0.1, -0.05) is 51.1 Å². The molecular formula is C19H25NO. The number of nitrogens with zero attached hydrogens (tertiary/aromatic N) is 1. The molecule has 0 fully saturated rings. The van der Waals surface area contributed by atoms with Gasteiger partial charge in [-0.2, -0.15) is 0 Å². The Balaban J connectivity index is 2.00. The molecular weight excluding hydrogens is 258 g/mol. The van der Waals surface area contributed by atoms with Crippen LogP contribution in [0.1, 0.15) is 49.3 Å². The monoisotopic (exact) mass is 283 g/mol. The van der Waals surface area contributed by atoms with Crippen LogP contribution in [0.15, 0.2) is 42.6 Å². The number of benzene rings is 1. The van der Waals surface area contributed by atoms with E-state index in [0.717, 1.165) is 24.1 Å². The Morgan fingerprint density at radius 1 is 0.952 bits per heavy atom. The molecule has 1 atom stereocenters. The van der Waals surface area contributed by atoms with Crippen LogP contribution in [0.2, 0.25) is 0 Å². The molecule has 0 aliphatic carbocycles. The minimum Gasteiger partial charge on any atom is -0.388 e. The van der Waals surface area contributed by atoms with Crippen LogP contribution in [0.5, 0.6) is 0 Å². The van der Waals surface area contributed by atoms with Crippen molar-refractivity contribution in [2.24, 2.45) is 5.92 Å². The zero-order valence-corrected chi connectivity index (χ0v) is 13.2. The molecule has 0 saturated heterocycles. The highest BCUT2D eigenvalue weighted by atomic mass is 16.3. The largest absolute Gasteiger partial charge is 0.388 e. The van der Waals surface area contributed by atoms with Crippen LogP contribution >= 0.6 is 0 Å². The maximum Gasteiger partial charge on any atom is 0.0845 e. The van der Waals surface area contributed by atoms with Gasteiger partial charge in [0, 0.05) is 18.3 Å². The molecule has 2 aromatic rings. The van der Waals surface area contributed by atoms with Crippen LogP contribution < -0.4 is 0 Å². The number of hydrogen-bond acceptors (Lipinski definition) is 2. The van der Waals surface area contributed by atoms with E-state index < -0.39 is 6.10 Å². The molecule has 0 spiro atoms. The number of aromatic nitrogens is 1. The third-order valence-electron chi connectivity index (χ3n) is 3.71. The predicted octanol–water partition coefficient (Wildman–Crippen LogP) is 4.12. The standard InChI is InChI=1S/C19H25NO/c1-4-15-7-10-18(20-13-15)12-19(21)17-8-5-16(6-9-17)11-14(2)3/h5-10,13-14,19,21H,4,11-12H2,1-3H3. The Labute approximate surface area is 127 Å². The Morgan fingerprint density at radius 2 is 1.62 bits per heavy atom. The molecule has 2 rings (SSSR count). The summed E-state index contributed by atoms with van der Waals surface area (Å²) in [5.41, 5.74) is 4.45. The summed E-state index contributed by atoms with van der Waals surface area (Å²) in [6.07, 6.45) is 4.04. The van der Waals surface area contributed by atoms with Gasteiger partial charge in [-0.05, 0) is 41.5 Å². The molecule has 0 aliphatic rings. The second-order valence-corrected chi connectivity index (χ2v) is 6.07. The maximum absolute atomic E-state index is 10.3. The Morgan fingerprint density at radius 3 is 2.14 bits per heavy atom. The molecule has 2 heteroatoms. The lowest BCUT2D eigenvalue weighted by molar-refractivity contribution is 0.177. The van der Waals surface area contributed by atoms with Gasteiger partial charge in [0.25, 0.3) is 0 Å². The highest BCUT2D eigenvalue weighted by molar-refractivity contribution is 5.25. The lowest BCUT2D eigenvalue weighted by atomic mass is 9.98. The summed E-state index contributed by atoms with van der Waals surface area (Å²) in [4.78, 5) is 4.41. The van der Waals surface area contributed by atoms with Crippen LogP contribution in [-0.4, -0.2) is 10.1 Å². The van der Waals surface area contributed by atoms with E-state index in [1.807, 2.05) is 24.4 Å². The Bertz CT molecular complexity index is 543. The number of pyridine rings is 1. The summed E-state index contributed by atoms with van der Waals surface area (Å²) in [6.45, 7) is 6.55. The van der Waals surface area contributed by atoms with Gasteiger partial charge in [0.05, 0.1) is 6.10 Å². The van der Waals surface area contributed by atoms with Crippen molar-refractivity contribution < 1.29 is 5.11 Å². The van der Waals surface area contributed by atoms with E-state index in [1.165, 1.54) is 11.1 Å². The van der Waals surface area contributed by atoms with E-state index >= 15 is 0 Å². The molecule has 1 unspecified atom stereocenters. The topological polar surface area (TPSA) is 33.1 Å². The van der Waals surface area contributed by atoms with Crippen LogP contribution in [0.3, 0.4) is 0 Å². The number of aliphatic hydroxyl groups is 1. The van der Waals surface area contributed by atoms with Crippen molar-refractivity contribution in [3.8, 4) is 0 Å². The summed E-state index contributed by atoms with van der Waals surface area (Å²) < 4.78 is 0. The zero-order valence-electron chi connectivity index (χ0n) is 13.2. The Hall–Kier alpha value is -1.67. The molecule has 2 nitrogen and oxygen atoms in total. The minimum atomic E-state index is -0.488. The highest BCUT2D eigenvalue weighted by Gasteiger charge is 2.10. The molecule has 1 aromatic carbocycles. The van der Waals surface area contributed by atoms with Gasteiger partial charge in [0.15, 0.2) is 0 Å². The SMILES string of the molecule is CCc1ccc(CC(O)c2ccc(CC(C)C)cc2)nc1. The van der Waals surface area contributed by atoms with E-state index in [2.05, 4.69) is 44.0 Å². The molecule has 0 radical (unpaired) electrons. The van der Waals surface area contributed by atoms with Gasteiger partial charge in [-0.25, -0.2) is 0 Å². The van der Waals surface area contributed by atoms with Crippen LogP contribution in [0, 0.1) is 5.92 Å². The lowest BCUT2D eigenvalue weighted by Crippen LogP contribution is -2.04. The molecule has 0 aliphatic heterocycles. The molecule has 0 saturated carbocycles. The molecule has 0 bridgehead atoms. The second-order valence-electron chi connectivity index (χ2n) is 6.07. The zero-order chi connectivity index (χ0) is 15.2. The lowest BCUT2D eigenvalue weighted by Gasteiger charge is -2.12. The summed E-state index contributed by atoms with van der Waals surface area (Å²) in [5.74, 6) is 0.655. The number of rotatable bonds is 6. The quantitative estimate of drug-likeness (QED) is 0.865. The fourth-order valence-corrected chi connectivity index (χ4v) is 2.45. The minimum absolute atomic E-state index is 0.488. The van der Waals surface area contributed by atoms with E-state index in [9.17, 15) is 5.11 Å². The summed E-state index contributed by atoms with van der Waals surface area (Å²) >= 11 is 0. The van der Waals surface area contributed by atoms with Crippen LogP contribution in [0.25, 0.3) is 0 Å². The van der Waals surface area contributed by atoms with Gasteiger partial charge < -0.3 is 5.11 Å². The van der Waals surface area contributed by atoms with Crippen LogP contribution in [-0.2, 0) is 19.3 Å². The van der Waals surface area contributed by atoms with Crippen molar-refractivity contribution in [2.75, 3.05) is 0 Å². The maximum atomic E-state index is 10.3. The molecule has 112 valence electrons. The van der Waals surface area contributed by atoms with Gasteiger partial charge in [0.2, 0.25) is 0 Å². The predicted molar refractivity (Wildman–Crippen MR) is 87.3 cm³/mol. The molecule has 1 N–H and O–H groups in total. The van der Waals surface area contributed by atoms with Crippen molar-refractivity contribution >= 4 is 0 Å². The summed E-state index contributed by atoms with van der Waals surface area (Å²) in [6, 6.07) is 12.4. The molecule has 0 amide bonds. The fourth-order valence-electron chi connectivity index (χ4n) is 2.45. The average molecular weight is 283 g/mol. The number of aryl methyl sites for hydroxylation is 1. The first-order valence-electron chi connectivity index (χ1n) is 7.79. The summed E-state index contributed by atoms with van der Waals surface area (Å²) in [7, 11) is 0. The third-order valence-corrected chi connectivity index (χ3v) is 3.71. The first kappa shape index (κ1) is 15.7. The van der Waals surface area contributed by atoms with Crippen molar-refractivity contribution in [3.05, 3.63) is 65.0 Å². The van der Waals surface area contributed by atoms with Gasteiger partial charge in [-0.15, -0.1) is 0 Å². The highest BCUT2D eigenvalue weighted by Crippen LogP contribution is 2.19. The second kappa shape index (κ2) is 7.37. The summed E-state index contributed by atoms with van der Waals surface area (Å²) in [5, 5.41) is 10.3. The van der Waals surface area contributed by atoms with Crippen molar-refractivity contribution in [1.29, 1.82) is 0 Å². The smallest absolute Gasteiger partial charge is 0.0845 e. The Kier molecular flexibility index (Phi) is 5.51. The van der Waals surface area contributed by atoms with Gasteiger partial charge in [-0.3, -0.25) is 4.98 Å². The molecule has 21 heavy (non-hydrogen) atoms. The van der Waals surface area contributed by atoms with E-state index in [0.29, 0.717) is 12.3 Å². The number of hydrogen-bond donors (Lipinski definition) is 1. The first-order chi connectivity index (χ1) is 10.1. The first-order valence-corrected chi connectivity index (χ1v) is 7.79. The van der Waals surface area contributed by atoms with E-state index in [-0.39, 0.29) is 0 Å². The third kappa shape index (κ3) is 4.68.